The Morgan fingerprint density at radius 3 is 2.50 bits per heavy atom. The van der Waals surface area contributed by atoms with E-state index < -0.39 is 23.2 Å². The molecule has 2 unspecified atom stereocenters. The van der Waals surface area contributed by atoms with Crippen LogP contribution >= 0.6 is 0 Å². The molecule has 156 valence electrons. The molecule has 0 aliphatic carbocycles. The summed E-state index contributed by atoms with van der Waals surface area (Å²) >= 11 is 0. The number of carbonyl (C=O) groups is 1. The Balaban J connectivity index is 1.85. The normalized spacial score (nSPS) is 27.9. The Morgan fingerprint density at radius 1 is 1.32 bits per heavy atom. The average molecular weight is 395 g/mol. The zero-order chi connectivity index (χ0) is 20.9. The molecular weight excluding hydrogens is 365 g/mol. The van der Waals surface area contributed by atoms with Crippen LogP contribution in [0.2, 0.25) is 0 Å². The van der Waals surface area contributed by atoms with Crippen LogP contribution in [0.3, 0.4) is 0 Å². The minimum Gasteiger partial charge on any atom is -0.465 e. The maximum atomic E-state index is 15.0. The molecule has 0 saturated carbocycles. The minimum atomic E-state index is -0.957. The molecule has 28 heavy (non-hydrogen) atoms. The number of amides is 1. The SMILES string of the molecule is CC1(C)OCC(c2cnc(N3CCN(C(=O)O)C(C)(C(C)(C)C)C3)c(F)c2)O1. The molecule has 1 aromatic rings. The molecule has 0 radical (unpaired) electrons. The van der Waals surface area contributed by atoms with Gasteiger partial charge in [0, 0.05) is 31.4 Å². The molecule has 1 aromatic heterocycles. The highest BCUT2D eigenvalue weighted by atomic mass is 19.1. The summed E-state index contributed by atoms with van der Waals surface area (Å²) in [5, 5.41) is 9.64. The van der Waals surface area contributed by atoms with Crippen molar-refractivity contribution in [2.75, 3.05) is 31.1 Å². The van der Waals surface area contributed by atoms with Gasteiger partial charge in [0.1, 0.15) is 6.10 Å². The van der Waals surface area contributed by atoms with Crippen molar-refractivity contribution in [2.24, 2.45) is 5.41 Å². The summed E-state index contributed by atoms with van der Waals surface area (Å²) in [6.07, 6.45) is 0.308. The monoisotopic (exact) mass is 395 g/mol. The van der Waals surface area contributed by atoms with Crippen LogP contribution in [0.25, 0.3) is 0 Å². The number of nitrogens with zero attached hydrogens (tertiary/aromatic N) is 3. The van der Waals surface area contributed by atoms with Crippen molar-refractivity contribution in [3.05, 3.63) is 23.6 Å². The maximum Gasteiger partial charge on any atom is 0.407 e. The average Bonchev–Trinajstić information content (AvgIpc) is 2.93. The van der Waals surface area contributed by atoms with Crippen LogP contribution in [0.4, 0.5) is 15.0 Å². The smallest absolute Gasteiger partial charge is 0.407 e. The first-order valence-electron chi connectivity index (χ1n) is 9.57. The van der Waals surface area contributed by atoms with Gasteiger partial charge in [0.05, 0.1) is 12.1 Å². The van der Waals surface area contributed by atoms with Crippen molar-refractivity contribution in [2.45, 2.75) is 59.0 Å². The van der Waals surface area contributed by atoms with E-state index in [1.54, 1.807) is 6.20 Å². The summed E-state index contributed by atoms with van der Waals surface area (Å²) in [5.41, 5.74) is -0.383. The molecule has 1 amide bonds. The molecule has 2 atom stereocenters. The number of pyridine rings is 1. The fourth-order valence-electron chi connectivity index (χ4n) is 3.84. The molecule has 7 nitrogen and oxygen atoms in total. The van der Waals surface area contributed by atoms with Gasteiger partial charge in [-0.15, -0.1) is 0 Å². The van der Waals surface area contributed by atoms with E-state index in [0.717, 1.165) is 0 Å². The van der Waals surface area contributed by atoms with Crippen LogP contribution in [0.5, 0.6) is 0 Å². The summed E-state index contributed by atoms with van der Waals surface area (Å²) in [7, 11) is 0. The van der Waals surface area contributed by atoms with E-state index in [2.05, 4.69) is 4.98 Å². The van der Waals surface area contributed by atoms with Crippen LogP contribution in [0.15, 0.2) is 12.3 Å². The lowest BCUT2D eigenvalue weighted by atomic mass is 9.72. The van der Waals surface area contributed by atoms with Crippen molar-refractivity contribution in [3.63, 3.8) is 0 Å². The highest BCUT2D eigenvalue weighted by molar-refractivity contribution is 5.67. The van der Waals surface area contributed by atoms with Gasteiger partial charge in [-0.3, -0.25) is 4.90 Å². The van der Waals surface area contributed by atoms with Gasteiger partial charge in [0.2, 0.25) is 0 Å². The molecule has 2 fully saturated rings. The third kappa shape index (κ3) is 3.67. The fraction of sp³-hybridized carbons (Fsp3) is 0.700. The lowest BCUT2D eigenvalue weighted by molar-refractivity contribution is -0.139. The number of piperazine rings is 1. The van der Waals surface area contributed by atoms with Gasteiger partial charge < -0.3 is 19.5 Å². The molecule has 2 aliphatic heterocycles. The quantitative estimate of drug-likeness (QED) is 0.824. The third-order valence-electron chi connectivity index (χ3n) is 6.06. The van der Waals surface area contributed by atoms with Crippen LogP contribution in [-0.4, -0.2) is 58.7 Å². The number of hydrogen-bond donors (Lipinski definition) is 1. The second-order valence-corrected chi connectivity index (χ2v) is 9.27. The summed E-state index contributed by atoms with van der Waals surface area (Å²) < 4.78 is 26.3. The second-order valence-electron chi connectivity index (χ2n) is 9.27. The maximum absolute atomic E-state index is 15.0. The van der Waals surface area contributed by atoms with Crippen LogP contribution in [-0.2, 0) is 9.47 Å². The molecule has 2 aliphatic rings. The molecule has 8 heteroatoms. The lowest BCUT2D eigenvalue weighted by Crippen LogP contribution is -2.67. The Bertz CT molecular complexity index is 764. The molecule has 2 saturated heterocycles. The molecule has 0 aromatic carbocycles. The van der Waals surface area contributed by atoms with Gasteiger partial charge in [0.25, 0.3) is 0 Å². The lowest BCUT2D eigenvalue weighted by Gasteiger charge is -2.54. The molecular formula is C20H30FN3O4. The first-order valence-corrected chi connectivity index (χ1v) is 9.57. The first kappa shape index (κ1) is 20.8. The number of aromatic nitrogens is 1. The Labute approximate surface area is 165 Å². The number of hydrogen-bond acceptors (Lipinski definition) is 5. The summed E-state index contributed by atoms with van der Waals surface area (Å²) in [6, 6.07) is 1.44. The van der Waals surface area contributed by atoms with Crippen molar-refractivity contribution in [1.29, 1.82) is 0 Å². The number of ether oxygens (including phenoxy) is 2. The van der Waals surface area contributed by atoms with E-state index in [1.807, 2.05) is 46.4 Å². The van der Waals surface area contributed by atoms with Crippen molar-refractivity contribution < 1.29 is 23.8 Å². The molecule has 3 rings (SSSR count). The predicted octanol–water partition coefficient (Wildman–Crippen LogP) is 3.65. The summed E-state index contributed by atoms with van der Waals surface area (Å²) in [6.45, 7) is 12.9. The van der Waals surface area contributed by atoms with E-state index in [-0.39, 0.29) is 17.3 Å². The van der Waals surface area contributed by atoms with Gasteiger partial charge in [0.15, 0.2) is 17.4 Å². The summed E-state index contributed by atoms with van der Waals surface area (Å²) in [4.78, 5) is 19.4. The zero-order valence-corrected chi connectivity index (χ0v) is 17.5. The Morgan fingerprint density at radius 2 is 2.00 bits per heavy atom. The number of carboxylic acid groups (broad SMARTS) is 1. The molecule has 3 heterocycles. The van der Waals surface area contributed by atoms with E-state index in [0.29, 0.717) is 31.8 Å². The van der Waals surface area contributed by atoms with Gasteiger partial charge in [-0.1, -0.05) is 20.8 Å². The second kappa shape index (κ2) is 6.84. The highest BCUT2D eigenvalue weighted by Gasteiger charge is 2.49. The first-order chi connectivity index (χ1) is 12.8. The van der Waals surface area contributed by atoms with E-state index in [4.69, 9.17) is 9.47 Å². The van der Waals surface area contributed by atoms with Gasteiger partial charge in [-0.2, -0.15) is 0 Å². The molecule has 0 spiro atoms. The van der Waals surface area contributed by atoms with Crippen LogP contribution in [0.1, 0.15) is 53.2 Å². The largest absolute Gasteiger partial charge is 0.465 e. The number of rotatable bonds is 2. The predicted molar refractivity (Wildman–Crippen MR) is 103 cm³/mol. The van der Waals surface area contributed by atoms with Gasteiger partial charge >= 0.3 is 6.09 Å². The molecule has 1 N–H and O–H groups in total. The van der Waals surface area contributed by atoms with E-state index in [9.17, 15) is 14.3 Å². The van der Waals surface area contributed by atoms with Gasteiger partial charge in [-0.05, 0) is 32.3 Å². The van der Waals surface area contributed by atoms with Crippen molar-refractivity contribution in [3.8, 4) is 0 Å². The van der Waals surface area contributed by atoms with Crippen molar-refractivity contribution in [1.82, 2.24) is 9.88 Å². The van der Waals surface area contributed by atoms with Gasteiger partial charge in [-0.25, -0.2) is 14.2 Å². The van der Waals surface area contributed by atoms with Crippen molar-refractivity contribution >= 4 is 11.9 Å². The number of anilines is 1. The zero-order valence-electron chi connectivity index (χ0n) is 17.5. The highest BCUT2D eigenvalue weighted by Crippen LogP contribution is 2.40. The summed E-state index contributed by atoms with van der Waals surface area (Å²) in [5.74, 6) is -0.894. The third-order valence-corrected chi connectivity index (χ3v) is 6.06. The number of halogens is 1. The van der Waals surface area contributed by atoms with Crippen LogP contribution < -0.4 is 4.90 Å². The standard InChI is InChI=1S/C20H30FN3O4/c1-18(2,3)20(6)12-23(7-8-24(20)17(25)26)16-14(21)9-13(10-22-16)15-11-27-19(4,5)28-15/h9-10,15H,7-8,11-12H2,1-6H3,(H,25,26). The topological polar surface area (TPSA) is 75.1 Å². The minimum absolute atomic E-state index is 0.238. The molecule has 0 bridgehead atoms. The van der Waals surface area contributed by atoms with E-state index in [1.165, 1.54) is 11.0 Å². The Kier molecular flexibility index (Phi) is 5.08. The Hall–Kier alpha value is -1.93. The van der Waals surface area contributed by atoms with E-state index >= 15 is 0 Å². The fourth-order valence-corrected chi connectivity index (χ4v) is 3.84. The van der Waals surface area contributed by atoms with Crippen LogP contribution in [0, 0.1) is 11.2 Å².